The smallest absolute Gasteiger partial charge is 0.410 e. The number of rotatable bonds is 4. The number of nitrogens with one attached hydrogen (secondary N) is 2. The van der Waals surface area contributed by atoms with Gasteiger partial charge in [-0.3, -0.25) is 14.8 Å². The number of carbonyl (C=O) groups excluding carboxylic acids is 2. The topological polar surface area (TPSA) is 113 Å². The Labute approximate surface area is 200 Å². The molecule has 0 spiro atoms. The zero-order valence-electron chi connectivity index (χ0n) is 20.3. The molecule has 0 radical (unpaired) electrons. The van der Waals surface area contributed by atoms with Crippen LogP contribution in [0.15, 0.2) is 24.3 Å². The number of piperidine rings is 1. The van der Waals surface area contributed by atoms with Crippen molar-refractivity contribution in [3.63, 3.8) is 0 Å². The fourth-order valence-electron chi connectivity index (χ4n) is 4.28. The molecule has 184 valence electrons. The average molecular weight is 471 g/mol. The fraction of sp³-hybridized carbons (Fsp3) is 0.583. The molecule has 2 amide bonds. The van der Waals surface area contributed by atoms with E-state index in [1.165, 1.54) is 0 Å². The largest absolute Gasteiger partial charge is 0.444 e. The Morgan fingerprint density at radius 3 is 2.76 bits per heavy atom. The van der Waals surface area contributed by atoms with E-state index >= 15 is 0 Å². The SMILES string of the molecule is Cc1cc(Nc2cccc([C@@H]3CN(C(=O)[C@H]4CCCCN4C(=O)OC(C)(C)C)CCO3)n2)n[nH]1. The third kappa shape index (κ3) is 5.85. The summed E-state index contributed by atoms with van der Waals surface area (Å²) in [6.07, 6.45) is 1.64. The first-order valence-electron chi connectivity index (χ1n) is 11.9. The molecule has 4 rings (SSSR count). The molecule has 2 saturated heterocycles. The number of hydrogen-bond acceptors (Lipinski definition) is 7. The summed E-state index contributed by atoms with van der Waals surface area (Å²) in [7, 11) is 0. The summed E-state index contributed by atoms with van der Waals surface area (Å²) in [6, 6.07) is 7.05. The Kier molecular flexibility index (Phi) is 7.06. The first-order valence-corrected chi connectivity index (χ1v) is 11.9. The van der Waals surface area contributed by atoms with Crippen LogP contribution in [0.25, 0.3) is 0 Å². The molecule has 2 atom stereocenters. The highest BCUT2D eigenvalue weighted by atomic mass is 16.6. The van der Waals surface area contributed by atoms with Crippen LogP contribution in [0.1, 0.15) is 57.5 Å². The average Bonchev–Trinajstić information content (AvgIpc) is 3.22. The Morgan fingerprint density at radius 2 is 2.03 bits per heavy atom. The lowest BCUT2D eigenvalue weighted by Gasteiger charge is -2.40. The van der Waals surface area contributed by atoms with E-state index in [9.17, 15) is 9.59 Å². The fourth-order valence-corrected chi connectivity index (χ4v) is 4.28. The summed E-state index contributed by atoms with van der Waals surface area (Å²) in [5.74, 6) is 1.28. The van der Waals surface area contributed by atoms with Gasteiger partial charge in [-0.1, -0.05) is 6.07 Å². The van der Waals surface area contributed by atoms with E-state index in [2.05, 4.69) is 20.5 Å². The van der Waals surface area contributed by atoms with Crippen LogP contribution in [-0.2, 0) is 14.3 Å². The maximum absolute atomic E-state index is 13.5. The van der Waals surface area contributed by atoms with E-state index in [1.54, 1.807) is 9.80 Å². The van der Waals surface area contributed by atoms with E-state index in [0.717, 1.165) is 24.2 Å². The van der Waals surface area contributed by atoms with E-state index in [4.69, 9.17) is 9.47 Å². The number of ether oxygens (including phenoxy) is 2. The summed E-state index contributed by atoms with van der Waals surface area (Å²) < 4.78 is 11.5. The maximum atomic E-state index is 13.5. The number of morpholine rings is 1. The Hall–Kier alpha value is -3.14. The van der Waals surface area contributed by atoms with E-state index < -0.39 is 17.7 Å². The molecule has 4 heterocycles. The van der Waals surface area contributed by atoms with Crippen molar-refractivity contribution in [1.29, 1.82) is 0 Å². The number of nitrogens with zero attached hydrogens (tertiary/aromatic N) is 4. The predicted octanol–water partition coefficient (Wildman–Crippen LogP) is 3.55. The molecule has 0 bridgehead atoms. The molecular weight excluding hydrogens is 436 g/mol. The number of pyridine rings is 1. The van der Waals surface area contributed by atoms with Gasteiger partial charge in [-0.2, -0.15) is 5.10 Å². The number of carbonyl (C=O) groups is 2. The van der Waals surface area contributed by atoms with Crippen molar-refractivity contribution >= 4 is 23.6 Å². The molecule has 2 fully saturated rings. The number of H-pyrrole nitrogens is 1. The first kappa shape index (κ1) is 24.0. The second kappa shape index (κ2) is 10.0. The molecule has 0 unspecified atom stereocenters. The normalized spacial score (nSPS) is 21.3. The van der Waals surface area contributed by atoms with Gasteiger partial charge in [0.25, 0.3) is 0 Å². The quantitative estimate of drug-likeness (QED) is 0.703. The van der Waals surface area contributed by atoms with Crippen molar-refractivity contribution in [2.75, 3.05) is 31.6 Å². The van der Waals surface area contributed by atoms with Crippen LogP contribution in [0, 0.1) is 6.92 Å². The zero-order chi connectivity index (χ0) is 24.3. The molecular formula is C24H34N6O4. The molecule has 0 aromatic carbocycles. The number of likely N-dealkylation sites (tertiary alicyclic amines) is 1. The van der Waals surface area contributed by atoms with Crippen LogP contribution < -0.4 is 5.32 Å². The second-order valence-corrected chi connectivity index (χ2v) is 9.84. The molecule has 0 aliphatic carbocycles. The van der Waals surface area contributed by atoms with Gasteiger partial charge in [0.05, 0.1) is 18.8 Å². The second-order valence-electron chi connectivity index (χ2n) is 9.84. The van der Waals surface area contributed by atoms with Gasteiger partial charge in [-0.15, -0.1) is 0 Å². The van der Waals surface area contributed by atoms with Crippen molar-refractivity contribution in [1.82, 2.24) is 25.0 Å². The highest BCUT2D eigenvalue weighted by molar-refractivity contribution is 5.86. The number of anilines is 2. The van der Waals surface area contributed by atoms with Crippen molar-refractivity contribution in [3.05, 3.63) is 35.7 Å². The minimum absolute atomic E-state index is 0.0554. The molecule has 2 aromatic heterocycles. The highest BCUT2D eigenvalue weighted by Crippen LogP contribution is 2.27. The lowest BCUT2D eigenvalue weighted by Crippen LogP contribution is -2.56. The molecule has 10 heteroatoms. The maximum Gasteiger partial charge on any atom is 0.410 e. The number of aromatic nitrogens is 3. The van der Waals surface area contributed by atoms with Gasteiger partial charge in [-0.25, -0.2) is 9.78 Å². The molecule has 10 nitrogen and oxygen atoms in total. The summed E-state index contributed by atoms with van der Waals surface area (Å²) >= 11 is 0. The van der Waals surface area contributed by atoms with Gasteiger partial charge in [0.2, 0.25) is 5.91 Å². The summed E-state index contributed by atoms with van der Waals surface area (Å²) in [6.45, 7) is 9.24. The van der Waals surface area contributed by atoms with Crippen LogP contribution >= 0.6 is 0 Å². The van der Waals surface area contributed by atoms with Gasteiger partial charge >= 0.3 is 6.09 Å². The van der Waals surface area contributed by atoms with Crippen molar-refractivity contribution in [3.8, 4) is 0 Å². The third-order valence-electron chi connectivity index (χ3n) is 5.86. The summed E-state index contributed by atoms with van der Waals surface area (Å²) in [4.78, 5) is 34.3. The molecule has 2 aliphatic heterocycles. The van der Waals surface area contributed by atoms with Gasteiger partial charge in [0.1, 0.15) is 23.6 Å². The van der Waals surface area contributed by atoms with Crippen molar-refractivity contribution in [2.24, 2.45) is 0 Å². The highest BCUT2D eigenvalue weighted by Gasteiger charge is 2.38. The summed E-state index contributed by atoms with van der Waals surface area (Å²) in [5, 5.41) is 10.3. The minimum atomic E-state index is -0.606. The van der Waals surface area contributed by atoms with E-state index in [0.29, 0.717) is 44.3 Å². The van der Waals surface area contributed by atoms with Gasteiger partial charge < -0.3 is 19.7 Å². The predicted molar refractivity (Wildman–Crippen MR) is 127 cm³/mol. The van der Waals surface area contributed by atoms with Crippen molar-refractivity contribution in [2.45, 2.75) is 64.7 Å². The molecule has 2 aliphatic rings. The van der Waals surface area contributed by atoms with Crippen LogP contribution in [-0.4, -0.2) is 74.9 Å². The van der Waals surface area contributed by atoms with E-state index in [1.807, 2.05) is 52.0 Å². The van der Waals surface area contributed by atoms with Crippen LogP contribution in [0.4, 0.5) is 16.4 Å². The lowest BCUT2D eigenvalue weighted by atomic mass is 10.0. The minimum Gasteiger partial charge on any atom is -0.444 e. The van der Waals surface area contributed by atoms with Crippen LogP contribution in [0.5, 0.6) is 0 Å². The monoisotopic (exact) mass is 470 g/mol. The number of aryl methyl sites for hydroxylation is 1. The van der Waals surface area contributed by atoms with Crippen LogP contribution in [0.3, 0.4) is 0 Å². The summed E-state index contributed by atoms with van der Waals surface area (Å²) in [5.41, 5.74) is 1.08. The van der Waals surface area contributed by atoms with Crippen molar-refractivity contribution < 1.29 is 19.1 Å². The lowest BCUT2D eigenvalue weighted by molar-refractivity contribution is -0.146. The number of amides is 2. The van der Waals surface area contributed by atoms with Gasteiger partial charge in [0.15, 0.2) is 5.82 Å². The Bertz CT molecular complexity index is 1020. The van der Waals surface area contributed by atoms with Gasteiger partial charge in [-0.05, 0) is 59.1 Å². The Balaban J connectivity index is 1.44. The van der Waals surface area contributed by atoms with Gasteiger partial charge in [0, 0.05) is 24.8 Å². The molecule has 0 saturated carbocycles. The third-order valence-corrected chi connectivity index (χ3v) is 5.86. The first-order chi connectivity index (χ1) is 16.2. The molecule has 2 N–H and O–H groups in total. The molecule has 34 heavy (non-hydrogen) atoms. The van der Waals surface area contributed by atoms with E-state index in [-0.39, 0.29) is 12.0 Å². The Morgan fingerprint density at radius 1 is 1.21 bits per heavy atom. The van der Waals surface area contributed by atoms with Crippen LogP contribution in [0.2, 0.25) is 0 Å². The number of aromatic amines is 1. The zero-order valence-corrected chi connectivity index (χ0v) is 20.3. The number of hydrogen-bond donors (Lipinski definition) is 2. The standard InChI is InChI=1S/C24H34N6O4/c1-16-14-21(28-27-16)26-20-10-7-8-17(25-20)19-15-29(12-13-33-19)22(31)18-9-5-6-11-30(18)23(32)34-24(2,3)4/h7-8,10,14,18-19H,5-6,9,11-13,15H2,1-4H3,(H2,25,26,27,28)/t18-,19+/m1/s1. The molecule has 2 aromatic rings.